The van der Waals surface area contributed by atoms with Gasteiger partial charge in [-0.25, -0.2) is 4.68 Å². The van der Waals surface area contributed by atoms with Crippen LogP contribution in [0.2, 0.25) is 0 Å². The Morgan fingerprint density at radius 3 is 2.79 bits per heavy atom. The van der Waals surface area contributed by atoms with Crippen molar-refractivity contribution in [3.8, 4) is 0 Å². The lowest BCUT2D eigenvalue weighted by Gasteiger charge is -2.30. The summed E-state index contributed by atoms with van der Waals surface area (Å²) < 4.78 is 1.11. The molecule has 1 aliphatic rings. The molecule has 1 aromatic rings. The van der Waals surface area contributed by atoms with Gasteiger partial charge >= 0.3 is 0 Å². The highest BCUT2D eigenvalue weighted by Crippen LogP contribution is 2.17. The number of nitrogens with zero attached hydrogens (tertiary/aromatic N) is 3. The third kappa shape index (κ3) is 2.81. The molecule has 0 saturated carbocycles. The summed E-state index contributed by atoms with van der Waals surface area (Å²) in [6.45, 7) is 0.895. The first-order chi connectivity index (χ1) is 8.99. The van der Waals surface area contributed by atoms with Gasteiger partial charge in [0, 0.05) is 26.2 Å². The van der Waals surface area contributed by atoms with Crippen LogP contribution in [-0.2, 0) is 11.8 Å². The normalized spacial score (nSPS) is 19.2. The van der Waals surface area contributed by atoms with Crippen molar-refractivity contribution in [1.29, 1.82) is 0 Å². The molecule has 1 aromatic heterocycles. The van der Waals surface area contributed by atoms with Gasteiger partial charge in [-0.2, -0.15) is 5.10 Å². The number of primary amides is 1. The SMILES string of the molecule is Cn1nc(C(=O)N2CCCC(C(N)=O)C2)ccc1=O. The Bertz CT molecular complexity index is 566. The number of carbonyl (C=O) groups excluding carboxylic acids is 2. The molecule has 1 saturated heterocycles. The van der Waals surface area contributed by atoms with Crippen LogP contribution in [0, 0.1) is 5.92 Å². The van der Waals surface area contributed by atoms with E-state index in [0.717, 1.165) is 11.1 Å². The predicted molar refractivity (Wildman–Crippen MR) is 67.3 cm³/mol. The number of nitrogens with two attached hydrogens (primary N) is 1. The van der Waals surface area contributed by atoms with Gasteiger partial charge in [-0.3, -0.25) is 14.4 Å². The lowest BCUT2D eigenvalue weighted by molar-refractivity contribution is -0.123. The largest absolute Gasteiger partial charge is 0.369 e. The van der Waals surface area contributed by atoms with Gasteiger partial charge in [0.25, 0.3) is 11.5 Å². The first-order valence-corrected chi connectivity index (χ1v) is 6.12. The van der Waals surface area contributed by atoms with E-state index in [9.17, 15) is 14.4 Å². The molecule has 0 aliphatic carbocycles. The van der Waals surface area contributed by atoms with E-state index in [2.05, 4.69) is 5.10 Å². The molecule has 0 radical (unpaired) electrons. The lowest BCUT2D eigenvalue weighted by atomic mass is 9.97. The van der Waals surface area contributed by atoms with Crippen molar-refractivity contribution in [3.05, 3.63) is 28.2 Å². The second kappa shape index (κ2) is 5.21. The van der Waals surface area contributed by atoms with Crippen LogP contribution >= 0.6 is 0 Å². The number of likely N-dealkylation sites (tertiary alicyclic amines) is 1. The maximum Gasteiger partial charge on any atom is 0.274 e. The van der Waals surface area contributed by atoms with E-state index in [4.69, 9.17) is 5.73 Å². The van der Waals surface area contributed by atoms with E-state index in [1.807, 2.05) is 0 Å². The molecule has 19 heavy (non-hydrogen) atoms. The minimum Gasteiger partial charge on any atom is -0.369 e. The number of aryl methyl sites for hydroxylation is 1. The minimum atomic E-state index is -0.383. The molecule has 2 heterocycles. The zero-order chi connectivity index (χ0) is 14.0. The maximum absolute atomic E-state index is 12.2. The second-order valence-electron chi connectivity index (χ2n) is 4.67. The molecule has 2 N–H and O–H groups in total. The molecule has 7 heteroatoms. The van der Waals surface area contributed by atoms with E-state index >= 15 is 0 Å². The Labute approximate surface area is 110 Å². The number of hydrogen-bond acceptors (Lipinski definition) is 4. The summed E-state index contributed by atoms with van der Waals surface area (Å²) in [6, 6.07) is 2.70. The summed E-state index contributed by atoms with van der Waals surface area (Å²) in [4.78, 5) is 36.2. The van der Waals surface area contributed by atoms with Gasteiger partial charge < -0.3 is 10.6 Å². The van der Waals surface area contributed by atoms with Gasteiger partial charge in [0.2, 0.25) is 5.91 Å². The summed E-state index contributed by atoms with van der Waals surface area (Å²) in [5, 5.41) is 3.91. The first kappa shape index (κ1) is 13.3. The Balaban J connectivity index is 2.16. The smallest absolute Gasteiger partial charge is 0.274 e. The third-order valence-electron chi connectivity index (χ3n) is 3.29. The fraction of sp³-hybridized carbons (Fsp3) is 0.500. The molecule has 1 fully saturated rings. The van der Waals surface area contributed by atoms with Crippen LogP contribution in [0.5, 0.6) is 0 Å². The molecule has 1 unspecified atom stereocenters. The van der Waals surface area contributed by atoms with Crippen molar-refractivity contribution in [2.45, 2.75) is 12.8 Å². The molecular formula is C12H16N4O3. The molecular weight excluding hydrogens is 248 g/mol. The summed E-state index contributed by atoms with van der Waals surface area (Å²) >= 11 is 0. The van der Waals surface area contributed by atoms with Crippen LogP contribution < -0.4 is 11.3 Å². The average Bonchev–Trinajstić information content (AvgIpc) is 2.41. The highest BCUT2D eigenvalue weighted by Gasteiger charge is 2.28. The van der Waals surface area contributed by atoms with Crippen molar-refractivity contribution in [3.63, 3.8) is 0 Å². The second-order valence-corrected chi connectivity index (χ2v) is 4.67. The van der Waals surface area contributed by atoms with Crippen molar-refractivity contribution in [2.24, 2.45) is 18.7 Å². The minimum absolute atomic E-state index is 0.201. The predicted octanol–water partition coefficient (Wildman–Crippen LogP) is -0.882. The fourth-order valence-electron chi connectivity index (χ4n) is 2.17. The van der Waals surface area contributed by atoms with Gasteiger partial charge in [-0.15, -0.1) is 0 Å². The number of rotatable bonds is 2. The van der Waals surface area contributed by atoms with Crippen LogP contribution in [0.3, 0.4) is 0 Å². The van der Waals surface area contributed by atoms with Crippen LogP contribution in [0.15, 0.2) is 16.9 Å². The quantitative estimate of drug-likeness (QED) is 0.749. The van der Waals surface area contributed by atoms with Crippen LogP contribution in [0.1, 0.15) is 23.3 Å². The molecule has 102 valence electrons. The summed E-state index contributed by atoms with van der Waals surface area (Å²) in [5.74, 6) is -0.960. The van der Waals surface area contributed by atoms with Gasteiger partial charge in [-0.05, 0) is 18.9 Å². The van der Waals surface area contributed by atoms with Crippen LogP contribution in [-0.4, -0.2) is 39.6 Å². The summed E-state index contributed by atoms with van der Waals surface area (Å²) in [7, 11) is 1.49. The molecule has 0 bridgehead atoms. The molecule has 2 rings (SSSR count). The molecule has 0 aromatic carbocycles. The standard InChI is InChI=1S/C12H16N4O3/c1-15-10(17)5-4-9(14-15)12(19)16-6-2-3-8(7-16)11(13)18/h4-5,8H,2-3,6-7H2,1H3,(H2,13,18). The molecule has 0 spiro atoms. The average molecular weight is 264 g/mol. The lowest BCUT2D eigenvalue weighted by Crippen LogP contribution is -2.44. The zero-order valence-corrected chi connectivity index (χ0v) is 10.7. The number of aromatic nitrogens is 2. The van der Waals surface area contributed by atoms with E-state index in [1.165, 1.54) is 19.2 Å². The highest BCUT2D eigenvalue weighted by atomic mass is 16.2. The molecule has 1 atom stereocenters. The van der Waals surface area contributed by atoms with Gasteiger partial charge in [0.15, 0.2) is 0 Å². The Morgan fingerprint density at radius 2 is 2.16 bits per heavy atom. The maximum atomic E-state index is 12.2. The Hall–Kier alpha value is -2.18. The van der Waals surface area contributed by atoms with E-state index in [-0.39, 0.29) is 29.0 Å². The Kier molecular flexibility index (Phi) is 3.64. The van der Waals surface area contributed by atoms with Crippen molar-refractivity contribution in [2.75, 3.05) is 13.1 Å². The van der Waals surface area contributed by atoms with Crippen molar-refractivity contribution >= 4 is 11.8 Å². The molecule has 1 aliphatic heterocycles. The molecule has 7 nitrogen and oxygen atoms in total. The number of piperidine rings is 1. The highest BCUT2D eigenvalue weighted by molar-refractivity contribution is 5.92. The topological polar surface area (TPSA) is 98.3 Å². The zero-order valence-electron chi connectivity index (χ0n) is 10.7. The third-order valence-corrected chi connectivity index (χ3v) is 3.29. The monoisotopic (exact) mass is 264 g/mol. The Morgan fingerprint density at radius 1 is 1.42 bits per heavy atom. The van der Waals surface area contributed by atoms with Gasteiger partial charge in [-0.1, -0.05) is 0 Å². The van der Waals surface area contributed by atoms with Crippen LogP contribution in [0.25, 0.3) is 0 Å². The van der Waals surface area contributed by atoms with E-state index in [0.29, 0.717) is 19.5 Å². The van der Waals surface area contributed by atoms with Gasteiger partial charge in [0.05, 0.1) is 5.92 Å². The van der Waals surface area contributed by atoms with E-state index < -0.39 is 0 Å². The van der Waals surface area contributed by atoms with Crippen molar-refractivity contribution in [1.82, 2.24) is 14.7 Å². The number of carbonyl (C=O) groups is 2. The first-order valence-electron chi connectivity index (χ1n) is 6.12. The van der Waals surface area contributed by atoms with Crippen LogP contribution in [0.4, 0.5) is 0 Å². The molecule has 2 amide bonds. The summed E-state index contributed by atoms with van der Waals surface area (Å²) in [5.41, 5.74) is 5.20. The van der Waals surface area contributed by atoms with Crippen molar-refractivity contribution < 1.29 is 9.59 Å². The van der Waals surface area contributed by atoms with Gasteiger partial charge in [0.1, 0.15) is 5.69 Å². The number of hydrogen-bond donors (Lipinski definition) is 1. The number of amides is 2. The summed E-state index contributed by atoms with van der Waals surface area (Å²) in [6.07, 6.45) is 1.45. The van der Waals surface area contributed by atoms with E-state index in [1.54, 1.807) is 4.90 Å². The fourth-order valence-corrected chi connectivity index (χ4v) is 2.17.